The van der Waals surface area contributed by atoms with Crippen LogP contribution in [0.2, 0.25) is 0 Å². The van der Waals surface area contributed by atoms with Crippen molar-refractivity contribution in [2.75, 3.05) is 11.9 Å². The summed E-state index contributed by atoms with van der Waals surface area (Å²) in [7, 11) is 1.72. The largest absolute Gasteiger partial charge is 0.503 e. The molecular formula is C14H18BrFN2OS. The van der Waals surface area contributed by atoms with Crippen molar-refractivity contribution in [2.45, 2.75) is 38.1 Å². The number of hydrogen-bond donors (Lipinski definition) is 2. The van der Waals surface area contributed by atoms with Crippen molar-refractivity contribution in [3.8, 4) is 5.75 Å². The Morgan fingerprint density at radius 3 is 2.70 bits per heavy atom. The van der Waals surface area contributed by atoms with E-state index in [1.165, 1.54) is 25.3 Å². The normalized spacial score (nSPS) is 15.9. The van der Waals surface area contributed by atoms with Crippen LogP contribution in [-0.4, -0.2) is 23.3 Å². The second kappa shape index (κ2) is 6.72. The number of phenolic OH excluding ortho intramolecular Hbond substituents is 1. The van der Waals surface area contributed by atoms with Crippen LogP contribution in [0.4, 0.5) is 10.1 Å². The molecule has 1 fully saturated rings. The Morgan fingerprint density at radius 2 is 2.05 bits per heavy atom. The maximum Gasteiger partial charge on any atom is 0.175 e. The molecule has 0 aliphatic heterocycles. The van der Waals surface area contributed by atoms with E-state index in [1.807, 2.05) is 0 Å². The first-order valence-corrected chi connectivity index (χ1v) is 7.91. The fraction of sp³-hybridized carbons (Fsp3) is 0.500. The molecule has 1 saturated carbocycles. The van der Waals surface area contributed by atoms with Crippen molar-refractivity contribution < 1.29 is 9.50 Å². The van der Waals surface area contributed by atoms with Gasteiger partial charge in [-0.05, 0) is 37.2 Å². The van der Waals surface area contributed by atoms with E-state index in [2.05, 4.69) is 21.2 Å². The molecule has 6 heteroatoms. The molecule has 0 radical (unpaired) electrons. The van der Waals surface area contributed by atoms with Crippen LogP contribution in [0.3, 0.4) is 0 Å². The summed E-state index contributed by atoms with van der Waals surface area (Å²) < 4.78 is 14.1. The van der Waals surface area contributed by atoms with Crippen LogP contribution in [-0.2, 0) is 0 Å². The number of aromatic hydroxyl groups is 1. The highest BCUT2D eigenvalue weighted by Crippen LogP contribution is 2.33. The molecule has 0 spiro atoms. The van der Waals surface area contributed by atoms with E-state index in [1.54, 1.807) is 18.0 Å². The number of nitrogens with one attached hydrogen (secondary N) is 1. The monoisotopic (exact) mass is 360 g/mol. The quantitative estimate of drug-likeness (QED) is 0.783. The molecule has 1 aliphatic carbocycles. The average Bonchev–Trinajstić information content (AvgIpc) is 2.43. The molecule has 2 N–H and O–H groups in total. The van der Waals surface area contributed by atoms with Gasteiger partial charge >= 0.3 is 0 Å². The summed E-state index contributed by atoms with van der Waals surface area (Å²) >= 11 is 8.57. The first-order valence-electron chi connectivity index (χ1n) is 6.71. The highest BCUT2D eigenvalue weighted by atomic mass is 79.9. The molecule has 1 aromatic carbocycles. The predicted octanol–water partition coefficient (Wildman–Crippen LogP) is 3.94. The third-order valence-corrected chi connectivity index (χ3v) is 4.46. The molecule has 20 heavy (non-hydrogen) atoms. The number of phenols is 1. The van der Waals surface area contributed by atoms with E-state index in [9.17, 15) is 9.50 Å². The van der Waals surface area contributed by atoms with Gasteiger partial charge in [-0.3, -0.25) is 0 Å². The van der Waals surface area contributed by atoms with Gasteiger partial charge in [0.1, 0.15) is 0 Å². The molecule has 0 heterocycles. The van der Waals surface area contributed by atoms with Crippen molar-refractivity contribution in [3.05, 3.63) is 22.4 Å². The van der Waals surface area contributed by atoms with Crippen LogP contribution in [0.1, 0.15) is 32.1 Å². The van der Waals surface area contributed by atoms with Crippen LogP contribution in [0.15, 0.2) is 16.6 Å². The lowest BCUT2D eigenvalue weighted by atomic mass is 9.96. The van der Waals surface area contributed by atoms with Gasteiger partial charge in [0.15, 0.2) is 16.7 Å². The molecule has 3 nitrogen and oxygen atoms in total. The van der Waals surface area contributed by atoms with Crippen LogP contribution in [0.5, 0.6) is 5.75 Å². The van der Waals surface area contributed by atoms with Gasteiger partial charge in [-0.1, -0.05) is 35.2 Å². The Morgan fingerprint density at radius 1 is 1.40 bits per heavy atom. The van der Waals surface area contributed by atoms with Gasteiger partial charge in [0, 0.05) is 17.6 Å². The topological polar surface area (TPSA) is 35.5 Å². The number of hydrogen-bond acceptors (Lipinski definition) is 2. The van der Waals surface area contributed by atoms with E-state index >= 15 is 0 Å². The lowest BCUT2D eigenvalue weighted by Gasteiger charge is -2.28. The predicted molar refractivity (Wildman–Crippen MR) is 86.8 cm³/mol. The van der Waals surface area contributed by atoms with Gasteiger partial charge < -0.3 is 15.3 Å². The van der Waals surface area contributed by atoms with Crippen molar-refractivity contribution in [1.82, 2.24) is 5.32 Å². The first kappa shape index (κ1) is 15.5. The summed E-state index contributed by atoms with van der Waals surface area (Å²) in [5.41, 5.74) is 0.352. The Bertz CT molecular complexity index is 506. The van der Waals surface area contributed by atoms with Gasteiger partial charge in [0.05, 0.1) is 5.69 Å². The maximum atomic E-state index is 13.6. The number of rotatable bonds is 2. The molecule has 0 atom stereocenters. The second-order valence-electron chi connectivity index (χ2n) is 5.10. The SMILES string of the molecule is CN(C(=S)NC1CCCCC1)c1cc(Br)cc(F)c1O. The standard InChI is InChI=1S/C14H18BrFN2OS/c1-18(12-8-9(15)7-11(16)13(12)19)14(20)17-10-5-3-2-4-6-10/h7-8,10,19H,2-6H2,1H3,(H,17,20). The zero-order valence-corrected chi connectivity index (χ0v) is 13.7. The minimum atomic E-state index is -0.665. The van der Waals surface area contributed by atoms with Gasteiger partial charge in [0.2, 0.25) is 0 Å². The fourth-order valence-corrected chi connectivity index (χ4v) is 3.12. The van der Waals surface area contributed by atoms with Crippen molar-refractivity contribution >= 4 is 38.9 Å². The highest BCUT2D eigenvalue weighted by molar-refractivity contribution is 9.10. The minimum Gasteiger partial charge on any atom is -0.503 e. The summed E-state index contributed by atoms with van der Waals surface area (Å²) in [6, 6.07) is 3.25. The van der Waals surface area contributed by atoms with E-state index in [0.717, 1.165) is 12.8 Å². The molecule has 2 rings (SSSR count). The van der Waals surface area contributed by atoms with Crippen LogP contribution >= 0.6 is 28.1 Å². The summed E-state index contributed by atoms with van der Waals surface area (Å²) in [5.74, 6) is -1.05. The summed E-state index contributed by atoms with van der Waals surface area (Å²) in [5, 5.41) is 13.6. The zero-order chi connectivity index (χ0) is 14.7. The van der Waals surface area contributed by atoms with Crippen molar-refractivity contribution in [2.24, 2.45) is 0 Å². The van der Waals surface area contributed by atoms with E-state index < -0.39 is 5.82 Å². The van der Waals surface area contributed by atoms with Gasteiger partial charge in [-0.15, -0.1) is 0 Å². The molecule has 0 amide bonds. The third kappa shape index (κ3) is 3.61. The van der Waals surface area contributed by atoms with E-state index in [0.29, 0.717) is 21.3 Å². The van der Waals surface area contributed by atoms with Crippen molar-refractivity contribution in [1.29, 1.82) is 0 Å². The van der Waals surface area contributed by atoms with Gasteiger partial charge in [-0.2, -0.15) is 0 Å². The molecular weight excluding hydrogens is 343 g/mol. The Hall–Kier alpha value is -0.880. The molecule has 110 valence electrons. The van der Waals surface area contributed by atoms with E-state index in [4.69, 9.17) is 12.2 Å². The minimum absolute atomic E-state index is 0.352. The average molecular weight is 361 g/mol. The fourth-order valence-electron chi connectivity index (χ4n) is 2.44. The Labute approximate surface area is 132 Å². The number of halogens is 2. The molecule has 1 aliphatic rings. The number of thiocarbonyl (C=S) groups is 1. The lowest BCUT2D eigenvalue weighted by molar-refractivity contribution is 0.413. The van der Waals surface area contributed by atoms with Gasteiger partial charge in [0.25, 0.3) is 0 Å². The smallest absolute Gasteiger partial charge is 0.175 e. The van der Waals surface area contributed by atoms with Crippen molar-refractivity contribution in [3.63, 3.8) is 0 Å². The van der Waals surface area contributed by atoms with Crippen LogP contribution < -0.4 is 10.2 Å². The first-order chi connectivity index (χ1) is 9.49. The molecule has 0 bridgehead atoms. The molecule has 0 aromatic heterocycles. The highest BCUT2D eigenvalue weighted by Gasteiger charge is 2.19. The van der Waals surface area contributed by atoms with Gasteiger partial charge in [-0.25, -0.2) is 4.39 Å². The number of anilines is 1. The number of nitrogens with zero attached hydrogens (tertiary/aromatic N) is 1. The molecule has 0 saturated heterocycles. The second-order valence-corrected chi connectivity index (χ2v) is 6.40. The maximum absolute atomic E-state index is 13.6. The number of benzene rings is 1. The summed E-state index contributed by atoms with van der Waals surface area (Å²) in [4.78, 5) is 1.60. The lowest BCUT2D eigenvalue weighted by Crippen LogP contribution is -2.43. The third-order valence-electron chi connectivity index (χ3n) is 3.61. The Balaban J connectivity index is 2.10. The zero-order valence-electron chi connectivity index (χ0n) is 11.3. The Kier molecular flexibility index (Phi) is 5.21. The summed E-state index contributed by atoms with van der Waals surface area (Å²) in [6.07, 6.45) is 5.90. The molecule has 1 aromatic rings. The van der Waals surface area contributed by atoms with Crippen LogP contribution in [0, 0.1) is 5.82 Å². The van der Waals surface area contributed by atoms with Crippen LogP contribution in [0.25, 0.3) is 0 Å². The summed E-state index contributed by atoms with van der Waals surface area (Å²) in [6.45, 7) is 0. The van der Waals surface area contributed by atoms with E-state index in [-0.39, 0.29) is 5.75 Å². The molecule has 0 unspecified atom stereocenters.